The number of likely N-dealkylation sites (N-methyl/N-ethyl adjacent to an activating group) is 1. The third-order valence-corrected chi connectivity index (χ3v) is 4.02. The molecule has 0 aromatic carbocycles. The number of pyridine rings is 1. The zero-order chi connectivity index (χ0) is 15.9. The molecule has 1 aromatic heterocycles. The van der Waals surface area contributed by atoms with E-state index in [1.54, 1.807) is 0 Å². The fourth-order valence-corrected chi connectivity index (χ4v) is 2.76. The third-order valence-electron chi connectivity index (χ3n) is 4.02. The molecule has 0 spiro atoms. The second-order valence-corrected chi connectivity index (χ2v) is 5.56. The van der Waals surface area contributed by atoms with Crippen molar-refractivity contribution in [3.8, 4) is 5.88 Å². The molecule has 0 radical (unpaired) electrons. The van der Waals surface area contributed by atoms with Gasteiger partial charge in [-0.25, -0.2) is 4.98 Å². The standard InChI is InChI=1S/C16H25N3O3/c1-3-19(11-16(20)21)14-8-13(9-14)17-10-12-6-5-7-15(18-12)22-4-2/h5-7,13-14,17H,3-4,8-11H2,1-2H3,(H,20,21). The first-order valence-corrected chi connectivity index (χ1v) is 7.90. The van der Waals surface area contributed by atoms with Crippen LogP contribution < -0.4 is 10.1 Å². The van der Waals surface area contributed by atoms with Crippen LogP contribution in [0.5, 0.6) is 5.88 Å². The molecule has 1 heterocycles. The number of nitrogens with one attached hydrogen (secondary N) is 1. The van der Waals surface area contributed by atoms with Gasteiger partial charge in [-0.05, 0) is 32.4 Å². The van der Waals surface area contributed by atoms with Crippen LogP contribution in [0.25, 0.3) is 0 Å². The maximum absolute atomic E-state index is 10.8. The zero-order valence-corrected chi connectivity index (χ0v) is 13.3. The van der Waals surface area contributed by atoms with Crippen molar-refractivity contribution in [2.75, 3.05) is 19.7 Å². The highest BCUT2D eigenvalue weighted by molar-refractivity contribution is 5.69. The Morgan fingerprint density at radius 1 is 1.45 bits per heavy atom. The van der Waals surface area contributed by atoms with Gasteiger partial charge in [-0.3, -0.25) is 9.69 Å². The SMILES string of the molecule is CCOc1cccc(CNC2CC(N(CC)CC(=O)O)C2)n1. The van der Waals surface area contributed by atoms with E-state index in [4.69, 9.17) is 9.84 Å². The van der Waals surface area contributed by atoms with Crippen LogP contribution in [0.2, 0.25) is 0 Å². The summed E-state index contributed by atoms with van der Waals surface area (Å²) in [5.74, 6) is -0.0953. The molecule has 1 aromatic rings. The summed E-state index contributed by atoms with van der Waals surface area (Å²) in [6.45, 7) is 6.19. The van der Waals surface area contributed by atoms with Gasteiger partial charge in [0.05, 0.1) is 18.8 Å². The Labute approximate surface area is 131 Å². The van der Waals surface area contributed by atoms with Crippen molar-refractivity contribution in [2.45, 2.75) is 45.3 Å². The fourth-order valence-electron chi connectivity index (χ4n) is 2.76. The van der Waals surface area contributed by atoms with E-state index < -0.39 is 5.97 Å². The molecule has 1 aliphatic carbocycles. The molecule has 0 aliphatic heterocycles. The minimum atomic E-state index is -0.754. The molecule has 1 aliphatic rings. The molecule has 0 amide bonds. The predicted molar refractivity (Wildman–Crippen MR) is 83.9 cm³/mol. The maximum Gasteiger partial charge on any atom is 0.317 e. The van der Waals surface area contributed by atoms with Crippen molar-refractivity contribution >= 4 is 5.97 Å². The van der Waals surface area contributed by atoms with Gasteiger partial charge >= 0.3 is 5.97 Å². The zero-order valence-electron chi connectivity index (χ0n) is 13.3. The Morgan fingerprint density at radius 2 is 2.23 bits per heavy atom. The number of rotatable bonds is 9. The summed E-state index contributed by atoms with van der Waals surface area (Å²) < 4.78 is 5.39. The lowest BCUT2D eigenvalue weighted by atomic mass is 9.85. The Balaban J connectivity index is 1.73. The van der Waals surface area contributed by atoms with E-state index in [-0.39, 0.29) is 6.54 Å². The Bertz CT molecular complexity index is 489. The lowest BCUT2D eigenvalue weighted by Gasteiger charge is -2.42. The summed E-state index contributed by atoms with van der Waals surface area (Å²) >= 11 is 0. The molecule has 122 valence electrons. The smallest absolute Gasteiger partial charge is 0.317 e. The minimum Gasteiger partial charge on any atom is -0.480 e. The number of nitrogens with zero attached hydrogens (tertiary/aromatic N) is 2. The summed E-state index contributed by atoms with van der Waals surface area (Å²) in [5, 5.41) is 12.4. The average molecular weight is 307 g/mol. The van der Waals surface area contributed by atoms with E-state index in [1.807, 2.05) is 36.9 Å². The lowest BCUT2D eigenvalue weighted by molar-refractivity contribution is -0.139. The quantitative estimate of drug-likeness (QED) is 0.720. The molecular weight excluding hydrogens is 282 g/mol. The molecule has 2 N–H and O–H groups in total. The van der Waals surface area contributed by atoms with Crippen molar-refractivity contribution in [3.63, 3.8) is 0 Å². The average Bonchev–Trinajstić information content (AvgIpc) is 2.44. The van der Waals surface area contributed by atoms with E-state index in [0.717, 1.165) is 25.1 Å². The van der Waals surface area contributed by atoms with E-state index in [1.165, 1.54) is 0 Å². The van der Waals surface area contributed by atoms with Crippen LogP contribution in [0.4, 0.5) is 0 Å². The van der Waals surface area contributed by atoms with Crippen LogP contribution in [-0.2, 0) is 11.3 Å². The molecule has 0 atom stereocenters. The van der Waals surface area contributed by atoms with Crippen LogP contribution in [-0.4, -0.2) is 52.7 Å². The highest BCUT2D eigenvalue weighted by Crippen LogP contribution is 2.25. The highest BCUT2D eigenvalue weighted by atomic mass is 16.5. The van der Waals surface area contributed by atoms with E-state index >= 15 is 0 Å². The molecule has 0 saturated heterocycles. The van der Waals surface area contributed by atoms with Gasteiger partial charge in [0.1, 0.15) is 0 Å². The van der Waals surface area contributed by atoms with Crippen molar-refractivity contribution in [1.29, 1.82) is 0 Å². The van der Waals surface area contributed by atoms with Crippen LogP contribution in [0.3, 0.4) is 0 Å². The molecule has 1 fully saturated rings. The fraction of sp³-hybridized carbons (Fsp3) is 0.625. The molecule has 0 unspecified atom stereocenters. The normalized spacial score (nSPS) is 20.7. The van der Waals surface area contributed by atoms with Gasteiger partial charge in [0, 0.05) is 24.7 Å². The topological polar surface area (TPSA) is 74.7 Å². The largest absolute Gasteiger partial charge is 0.480 e. The second kappa shape index (κ2) is 8.10. The summed E-state index contributed by atoms with van der Waals surface area (Å²) in [6.07, 6.45) is 1.98. The minimum absolute atomic E-state index is 0.131. The van der Waals surface area contributed by atoms with Crippen LogP contribution in [0, 0.1) is 0 Å². The molecule has 1 saturated carbocycles. The van der Waals surface area contributed by atoms with E-state index in [9.17, 15) is 4.79 Å². The Morgan fingerprint density at radius 3 is 2.86 bits per heavy atom. The summed E-state index contributed by atoms with van der Waals surface area (Å²) in [5.41, 5.74) is 0.965. The number of ether oxygens (including phenoxy) is 1. The Kier molecular flexibility index (Phi) is 6.15. The molecular formula is C16H25N3O3. The number of hydrogen-bond donors (Lipinski definition) is 2. The van der Waals surface area contributed by atoms with Gasteiger partial charge in [0.2, 0.25) is 5.88 Å². The van der Waals surface area contributed by atoms with Gasteiger partial charge in [-0.1, -0.05) is 13.0 Å². The maximum atomic E-state index is 10.8. The summed E-state index contributed by atoms with van der Waals surface area (Å²) in [7, 11) is 0. The first-order valence-electron chi connectivity index (χ1n) is 7.90. The second-order valence-electron chi connectivity index (χ2n) is 5.56. The number of carboxylic acid groups (broad SMARTS) is 1. The van der Waals surface area contributed by atoms with Gasteiger partial charge in [0.15, 0.2) is 0 Å². The van der Waals surface area contributed by atoms with Gasteiger partial charge in [-0.15, -0.1) is 0 Å². The molecule has 22 heavy (non-hydrogen) atoms. The number of hydrogen-bond acceptors (Lipinski definition) is 5. The number of carboxylic acids is 1. The predicted octanol–water partition coefficient (Wildman–Crippen LogP) is 1.51. The van der Waals surface area contributed by atoms with Gasteiger partial charge in [0.25, 0.3) is 0 Å². The van der Waals surface area contributed by atoms with E-state index in [0.29, 0.717) is 31.1 Å². The lowest BCUT2D eigenvalue weighted by Crippen LogP contribution is -2.53. The molecule has 6 heteroatoms. The third kappa shape index (κ3) is 4.68. The first-order chi connectivity index (χ1) is 10.6. The first kappa shape index (κ1) is 16.7. The van der Waals surface area contributed by atoms with Crippen molar-refractivity contribution in [2.24, 2.45) is 0 Å². The van der Waals surface area contributed by atoms with Crippen LogP contribution in [0.15, 0.2) is 18.2 Å². The van der Waals surface area contributed by atoms with Gasteiger partial charge in [-0.2, -0.15) is 0 Å². The number of carbonyl (C=O) groups is 1. The van der Waals surface area contributed by atoms with Crippen LogP contribution >= 0.6 is 0 Å². The number of aromatic nitrogens is 1. The van der Waals surface area contributed by atoms with Crippen molar-refractivity contribution in [1.82, 2.24) is 15.2 Å². The van der Waals surface area contributed by atoms with Crippen LogP contribution in [0.1, 0.15) is 32.4 Å². The summed E-state index contributed by atoms with van der Waals surface area (Å²) in [4.78, 5) is 17.3. The monoisotopic (exact) mass is 307 g/mol. The molecule has 0 bridgehead atoms. The Hall–Kier alpha value is -1.66. The highest BCUT2D eigenvalue weighted by Gasteiger charge is 2.33. The van der Waals surface area contributed by atoms with Crippen molar-refractivity contribution in [3.05, 3.63) is 23.9 Å². The molecule has 2 rings (SSSR count). The summed E-state index contributed by atoms with van der Waals surface area (Å²) in [6, 6.07) is 6.60. The van der Waals surface area contributed by atoms with Gasteiger partial charge < -0.3 is 15.2 Å². The molecule has 6 nitrogen and oxygen atoms in total. The van der Waals surface area contributed by atoms with E-state index in [2.05, 4.69) is 10.3 Å². The number of aliphatic carboxylic acids is 1. The van der Waals surface area contributed by atoms with Crippen molar-refractivity contribution < 1.29 is 14.6 Å².